The van der Waals surface area contributed by atoms with E-state index in [1.165, 1.54) is 14.2 Å². The molecule has 2 rings (SSSR count). The van der Waals surface area contributed by atoms with E-state index in [2.05, 4.69) is 21.1 Å². The fraction of sp³-hybridized carbons (Fsp3) is 0.158. The molecule has 0 radical (unpaired) electrons. The molecule has 0 spiro atoms. The van der Waals surface area contributed by atoms with E-state index >= 15 is 0 Å². The minimum Gasteiger partial charge on any atom is -0.488 e. The molecule has 8 heteroatoms. The lowest BCUT2D eigenvalue weighted by molar-refractivity contribution is -0.132. The Balaban J connectivity index is 2.35. The fourth-order valence-electron chi connectivity index (χ4n) is 2.29. The topological polar surface area (TPSA) is 57.1 Å². The smallest absolute Gasteiger partial charge is 0.360 e. The van der Waals surface area contributed by atoms with Crippen molar-refractivity contribution in [2.75, 3.05) is 14.2 Å². The van der Waals surface area contributed by atoms with E-state index in [9.17, 15) is 4.79 Å². The summed E-state index contributed by atoms with van der Waals surface area (Å²) >= 11 is 15.0. The Bertz CT molecular complexity index is 880. The molecule has 0 aliphatic heterocycles. The van der Waals surface area contributed by atoms with Crippen molar-refractivity contribution in [3.63, 3.8) is 0 Å². The number of ether oxygens (including phenoxy) is 2. The van der Waals surface area contributed by atoms with Crippen molar-refractivity contribution in [1.82, 2.24) is 0 Å². The monoisotopic (exact) mass is 471 g/mol. The van der Waals surface area contributed by atoms with Gasteiger partial charge in [0, 0.05) is 15.6 Å². The van der Waals surface area contributed by atoms with Crippen LogP contribution in [0.2, 0.25) is 0 Å². The zero-order chi connectivity index (χ0) is 19.8. The summed E-state index contributed by atoms with van der Waals surface area (Å²) in [5, 5.41) is 3.79. The number of hydrogen-bond donors (Lipinski definition) is 0. The second kappa shape index (κ2) is 10.3. The van der Waals surface area contributed by atoms with Gasteiger partial charge in [-0.1, -0.05) is 74.6 Å². The molecule has 0 heterocycles. The molecule has 5 nitrogen and oxygen atoms in total. The number of halogens is 3. The molecule has 2 aromatic rings. The van der Waals surface area contributed by atoms with Gasteiger partial charge < -0.3 is 14.3 Å². The molecule has 0 amide bonds. The van der Waals surface area contributed by atoms with E-state index in [0.717, 1.165) is 15.6 Å². The van der Waals surface area contributed by atoms with Crippen LogP contribution in [-0.2, 0) is 21.0 Å². The van der Waals surface area contributed by atoms with Crippen LogP contribution in [0.1, 0.15) is 16.7 Å². The summed E-state index contributed by atoms with van der Waals surface area (Å²) in [5.41, 5.74) is 2.05. The van der Waals surface area contributed by atoms with Gasteiger partial charge in [-0.3, -0.25) is 0 Å². The molecule has 0 saturated heterocycles. The van der Waals surface area contributed by atoms with Crippen LogP contribution in [0.4, 0.5) is 0 Å². The number of carbonyl (C=O) groups excluding carboxylic acids is 1. The molecule has 0 saturated carbocycles. The van der Waals surface area contributed by atoms with E-state index < -0.39 is 5.97 Å². The Labute approximate surface area is 175 Å². The van der Waals surface area contributed by atoms with Crippen molar-refractivity contribution in [2.24, 2.45) is 5.16 Å². The Morgan fingerprint density at radius 1 is 1.19 bits per heavy atom. The van der Waals surface area contributed by atoms with E-state index in [4.69, 9.17) is 37.5 Å². The number of carbonyl (C=O) groups is 1. The average Bonchev–Trinajstić information content (AvgIpc) is 2.65. The summed E-state index contributed by atoms with van der Waals surface area (Å²) in [4.78, 5) is 16.8. The number of esters is 1. The predicted molar refractivity (Wildman–Crippen MR) is 110 cm³/mol. The Morgan fingerprint density at radius 3 is 2.59 bits per heavy atom. The molecule has 0 unspecified atom stereocenters. The van der Waals surface area contributed by atoms with Crippen molar-refractivity contribution < 1.29 is 19.1 Å². The Morgan fingerprint density at radius 2 is 1.93 bits per heavy atom. The minimum absolute atomic E-state index is 0.0531. The van der Waals surface area contributed by atoms with Crippen molar-refractivity contribution in [1.29, 1.82) is 0 Å². The first kappa shape index (κ1) is 21.3. The second-order valence-electron chi connectivity index (χ2n) is 5.18. The van der Waals surface area contributed by atoms with Gasteiger partial charge >= 0.3 is 5.97 Å². The van der Waals surface area contributed by atoms with Gasteiger partial charge in [0.05, 0.1) is 7.11 Å². The maximum atomic E-state index is 12.0. The fourth-order valence-corrected chi connectivity index (χ4v) is 2.86. The summed E-state index contributed by atoms with van der Waals surface area (Å²) in [7, 11) is 2.64. The van der Waals surface area contributed by atoms with Gasteiger partial charge in [0.2, 0.25) is 0 Å². The summed E-state index contributed by atoms with van der Waals surface area (Å²) in [6.45, 7) is 0.174. The highest BCUT2D eigenvalue weighted by atomic mass is 79.9. The predicted octanol–water partition coefficient (Wildman–Crippen LogP) is 5.33. The number of hydrogen-bond acceptors (Lipinski definition) is 5. The molecule has 0 N–H and O–H groups in total. The standard InChI is InChI=1S/C19H16BrCl2NO4/c1-25-19(24)18(23-26-2)15-6-4-3-5-13(15)11-27-16-10-14(20)8-7-12(16)9-17(21)22/h3-10H,11H2,1-2H3. The Kier molecular flexibility index (Phi) is 8.16. The zero-order valence-electron chi connectivity index (χ0n) is 14.5. The lowest BCUT2D eigenvalue weighted by atomic mass is 10.0. The molecule has 0 aliphatic carbocycles. The zero-order valence-corrected chi connectivity index (χ0v) is 17.6. The average molecular weight is 473 g/mol. The minimum atomic E-state index is -0.607. The molecule has 27 heavy (non-hydrogen) atoms. The quantitative estimate of drug-likeness (QED) is 0.310. The van der Waals surface area contributed by atoms with Gasteiger partial charge in [-0.25, -0.2) is 4.79 Å². The number of oxime groups is 1. The first-order valence-corrected chi connectivity index (χ1v) is 9.24. The van der Waals surface area contributed by atoms with Gasteiger partial charge in [-0.05, 0) is 23.8 Å². The molecule has 0 atom stereocenters. The summed E-state index contributed by atoms with van der Waals surface area (Å²) in [5.74, 6) is -0.0365. The van der Waals surface area contributed by atoms with Crippen molar-refractivity contribution in [3.05, 3.63) is 68.1 Å². The number of benzene rings is 2. The van der Waals surface area contributed by atoms with Crippen molar-refractivity contribution in [3.8, 4) is 5.75 Å². The van der Waals surface area contributed by atoms with Crippen LogP contribution in [0.15, 0.2) is 56.6 Å². The third kappa shape index (κ3) is 5.99. The van der Waals surface area contributed by atoms with Crippen molar-refractivity contribution in [2.45, 2.75) is 6.61 Å². The van der Waals surface area contributed by atoms with Crippen LogP contribution >= 0.6 is 39.1 Å². The second-order valence-corrected chi connectivity index (χ2v) is 7.10. The van der Waals surface area contributed by atoms with Gasteiger partial charge in [0.15, 0.2) is 5.71 Å². The van der Waals surface area contributed by atoms with Crippen LogP contribution in [-0.4, -0.2) is 25.9 Å². The largest absolute Gasteiger partial charge is 0.488 e. The third-order valence-electron chi connectivity index (χ3n) is 3.46. The molecular formula is C19H16BrCl2NO4. The van der Waals surface area contributed by atoms with Gasteiger partial charge in [-0.15, -0.1) is 0 Å². The molecule has 0 aromatic heterocycles. The highest BCUT2D eigenvalue weighted by molar-refractivity contribution is 9.10. The van der Waals surface area contributed by atoms with Crippen LogP contribution < -0.4 is 4.74 Å². The lowest BCUT2D eigenvalue weighted by Crippen LogP contribution is -2.19. The first-order valence-electron chi connectivity index (χ1n) is 7.69. The number of nitrogens with zero attached hydrogens (tertiary/aromatic N) is 1. The molecule has 0 bridgehead atoms. The summed E-state index contributed by atoms with van der Waals surface area (Å²) in [6.07, 6.45) is 1.59. The maximum Gasteiger partial charge on any atom is 0.360 e. The van der Waals surface area contributed by atoms with Crippen LogP contribution in [0, 0.1) is 0 Å². The Hall–Kier alpha value is -2.02. The number of methoxy groups -OCH3 is 1. The highest BCUT2D eigenvalue weighted by Gasteiger charge is 2.19. The highest BCUT2D eigenvalue weighted by Crippen LogP contribution is 2.28. The summed E-state index contributed by atoms with van der Waals surface area (Å²) in [6, 6.07) is 12.7. The molecule has 0 aliphatic rings. The van der Waals surface area contributed by atoms with Gasteiger partial charge in [0.25, 0.3) is 0 Å². The normalized spacial score (nSPS) is 10.9. The SMILES string of the molecule is CON=C(C(=O)OC)c1ccccc1COc1cc(Br)ccc1C=C(Cl)Cl. The van der Waals surface area contributed by atoms with Gasteiger partial charge in [-0.2, -0.15) is 0 Å². The van der Waals surface area contributed by atoms with E-state index in [0.29, 0.717) is 11.3 Å². The van der Waals surface area contributed by atoms with Crippen molar-refractivity contribution >= 4 is 56.9 Å². The summed E-state index contributed by atoms with van der Waals surface area (Å²) < 4.78 is 11.7. The van der Waals surface area contributed by atoms with E-state index in [1.54, 1.807) is 24.3 Å². The van der Waals surface area contributed by atoms with Crippen LogP contribution in [0.5, 0.6) is 5.75 Å². The molecule has 2 aromatic carbocycles. The van der Waals surface area contributed by atoms with E-state index in [-0.39, 0.29) is 16.8 Å². The molecule has 0 fully saturated rings. The third-order valence-corrected chi connectivity index (χ3v) is 4.17. The van der Waals surface area contributed by atoms with Crippen LogP contribution in [0.25, 0.3) is 6.08 Å². The van der Waals surface area contributed by atoms with Crippen LogP contribution in [0.3, 0.4) is 0 Å². The number of rotatable bonds is 7. The molecular weight excluding hydrogens is 457 g/mol. The maximum absolute atomic E-state index is 12.0. The first-order chi connectivity index (χ1) is 13.0. The molecule has 142 valence electrons. The lowest BCUT2D eigenvalue weighted by Gasteiger charge is -2.13. The van der Waals surface area contributed by atoms with Gasteiger partial charge in [0.1, 0.15) is 24.0 Å². The van der Waals surface area contributed by atoms with E-state index in [1.807, 2.05) is 24.3 Å².